The van der Waals surface area contributed by atoms with Crippen molar-refractivity contribution < 1.29 is 0 Å². The molecule has 0 spiro atoms. The zero-order valence-corrected chi connectivity index (χ0v) is 10.2. The highest BCUT2D eigenvalue weighted by atomic mass is 32.2. The molecular weight excluding hydrogens is 226 g/mol. The average Bonchev–Trinajstić information content (AvgIpc) is 2.82. The molecule has 15 heavy (non-hydrogen) atoms. The van der Waals surface area contributed by atoms with Crippen LogP contribution < -0.4 is 0 Å². The number of aromatic nitrogens is 3. The van der Waals surface area contributed by atoms with Crippen LogP contribution in [0.15, 0.2) is 0 Å². The van der Waals surface area contributed by atoms with E-state index in [4.69, 9.17) is 12.2 Å². The van der Waals surface area contributed by atoms with Crippen LogP contribution in [0.1, 0.15) is 31.0 Å². The normalized spacial score (nSPS) is 26.0. The van der Waals surface area contributed by atoms with Crippen LogP contribution in [0.2, 0.25) is 0 Å². The zero-order chi connectivity index (χ0) is 10.3. The van der Waals surface area contributed by atoms with E-state index in [1.165, 1.54) is 36.6 Å². The fourth-order valence-electron chi connectivity index (χ4n) is 2.15. The lowest BCUT2D eigenvalue weighted by Crippen LogP contribution is -2.12. The highest BCUT2D eigenvalue weighted by Crippen LogP contribution is 2.39. The van der Waals surface area contributed by atoms with Crippen LogP contribution in [0, 0.1) is 10.7 Å². The smallest absolute Gasteiger partial charge is 0.195 e. The van der Waals surface area contributed by atoms with Crippen molar-refractivity contribution in [1.82, 2.24) is 14.8 Å². The van der Waals surface area contributed by atoms with Gasteiger partial charge in [0.1, 0.15) is 5.82 Å². The summed E-state index contributed by atoms with van der Waals surface area (Å²) in [5.41, 5.74) is 0. The topological polar surface area (TPSA) is 33.6 Å². The predicted molar refractivity (Wildman–Crippen MR) is 64.8 cm³/mol. The van der Waals surface area contributed by atoms with Gasteiger partial charge in [0.15, 0.2) is 4.77 Å². The van der Waals surface area contributed by atoms with E-state index in [1.807, 2.05) is 0 Å². The van der Waals surface area contributed by atoms with Gasteiger partial charge < -0.3 is 4.57 Å². The maximum atomic E-state index is 5.29. The lowest BCUT2D eigenvalue weighted by atomic mass is 10.1. The van der Waals surface area contributed by atoms with Gasteiger partial charge in [0.05, 0.1) is 0 Å². The fraction of sp³-hybridized carbons (Fsp3) is 0.800. The van der Waals surface area contributed by atoms with Crippen molar-refractivity contribution in [2.24, 2.45) is 5.92 Å². The van der Waals surface area contributed by atoms with Gasteiger partial charge in [0, 0.05) is 12.5 Å². The molecule has 1 N–H and O–H groups in total. The summed E-state index contributed by atoms with van der Waals surface area (Å²) in [5, 5.41) is 7.30. The molecule has 82 valence electrons. The number of H-pyrrole nitrogens is 1. The van der Waals surface area contributed by atoms with Gasteiger partial charge in [0.2, 0.25) is 0 Å². The first kappa shape index (κ1) is 9.90. The number of nitrogens with zero attached hydrogens (tertiary/aromatic N) is 2. The van der Waals surface area contributed by atoms with Gasteiger partial charge in [-0.2, -0.15) is 16.9 Å². The van der Waals surface area contributed by atoms with E-state index in [0.717, 1.165) is 17.2 Å². The minimum absolute atomic E-state index is 0.687. The second-order valence-electron chi connectivity index (χ2n) is 4.50. The molecule has 3 nitrogen and oxygen atoms in total. The SMILES string of the molecule is S=c1[nH]nc(C2CC2)n1CC1CCSC1. The molecule has 5 heteroatoms. The largest absolute Gasteiger partial charge is 0.304 e. The molecule has 1 atom stereocenters. The van der Waals surface area contributed by atoms with E-state index in [0.29, 0.717) is 5.92 Å². The summed E-state index contributed by atoms with van der Waals surface area (Å²) < 4.78 is 3.05. The standard InChI is InChI=1S/C10H15N3S2/c14-10-12-11-9(8-1-2-8)13(10)5-7-3-4-15-6-7/h7-8H,1-6H2,(H,12,14). The molecule has 1 aliphatic heterocycles. The molecule has 3 rings (SSSR count). The Bertz CT molecular complexity index is 399. The first-order chi connectivity index (χ1) is 7.34. The zero-order valence-electron chi connectivity index (χ0n) is 8.61. The molecule has 1 unspecified atom stereocenters. The summed E-state index contributed by atoms with van der Waals surface area (Å²) >= 11 is 7.35. The first-order valence-electron chi connectivity index (χ1n) is 5.57. The maximum Gasteiger partial charge on any atom is 0.195 e. The van der Waals surface area contributed by atoms with E-state index in [1.54, 1.807) is 0 Å². The third kappa shape index (κ3) is 1.99. The van der Waals surface area contributed by atoms with Crippen molar-refractivity contribution in [1.29, 1.82) is 0 Å². The van der Waals surface area contributed by atoms with Gasteiger partial charge >= 0.3 is 0 Å². The Labute approximate surface area is 98.6 Å². The summed E-state index contributed by atoms with van der Waals surface area (Å²) in [6, 6.07) is 0. The quantitative estimate of drug-likeness (QED) is 0.826. The number of hydrogen-bond acceptors (Lipinski definition) is 3. The minimum atomic E-state index is 0.687. The number of nitrogens with one attached hydrogen (secondary N) is 1. The van der Waals surface area contributed by atoms with Crippen molar-refractivity contribution >= 4 is 24.0 Å². The van der Waals surface area contributed by atoms with E-state index in [-0.39, 0.29) is 0 Å². The van der Waals surface area contributed by atoms with Crippen molar-refractivity contribution in [3.63, 3.8) is 0 Å². The average molecular weight is 241 g/mol. The predicted octanol–water partition coefficient (Wildman–Crippen LogP) is 2.57. The van der Waals surface area contributed by atoms with E-state index in [2.05, 4.69) is 26.5 Å². The fourth-order valence-corrected chi connectivity index (χ4v) is 3.63. The molecule has 0 aromatic carbocycles. The van der Waals surface area contributed by atoms with Crippen molar-refractivity contribution in [2.75, 3.05) is 11.5 Å². The summed E-state index contributed by atoms with van der Waals surface area (Å²) in [7, 11) is 0. The lowest BCUT2D eigenvalue weighted by Gasteiger charge is -2.10. The third-order valence-corrected chi connectivity index (χ3v) is 4.74. The molecule has 1 aromatic heterocycles. The Morgan fingerprint density at radius 1 is 1.47 bits per heavy atom. The molecule has 1 saturated carbocycles. The molecule has 2 fully saturated rings. The second-order valence-corrected chi connectivity index (χ2v) is 6.04. The van der Waals surface area contributed by atoms with Gasteiger partial charge in [-0.1, -0.05) is 0 Å². The molecule has 1 saturated heterocycles. The molecular formula is C10H15N3S2. The minimum Gasteiger partial charge on any atom is -0.304 e. The third-order valence-electron chi connectivity index (χ3n) is 3.20. The monoisotopic (exact) mass is 241 g/mol. The summed E-state index contributed by atoms with van der Waals surface area (Å²) in [6.07, 6.45) is 3.92. The van der Waals surface area contributed by atoms with Gasteiger partial charge in [-0.3, -0.25) is 5.10 Å². The Hall–Kier alpha value is -0.290. The summed E-state index contributed by atoms with van der Waals surface area (Å²) in [6.45, 7) is 1.08. The van der Waals surface area contributed by atoms with Crippen molar-refractivity contribution in [2.45, 2.75) is 31.7 Å². The Morgan fingerprint density at radius 3 is 3.00 bits per heavy atom. The van der Waals surface area contributed by atoms with Crippen LogP contribution in [-0.4, -0.2) is 26.3 Å². The molecule has 1 aliphatic carbocycles. The van der Waals surface area contributed by atoms with Crippen LogP contribution in [0.5, 0.6) is 0 Å². The van der Waals surface area contributed by atoms with Crippen LogP contribution in [0.25, 0.3) is 0 Å². The summed E-state index contributed by atoms with van der Waals surface area (Å²) in [5.74, 6) is 5.30. The molecule has 0 bridgehead atoms. The molecule has 0 amide bonds. The Morgan fingerprint density at radius 2 is 2.33 bits per heavy atom. The van der Waals surface area contributed by atoms with Gasteiger partial charge in [0.25, 0.3) is 0 Å². The first-order valence-corrected chi connectivity index (χ1v) is 7.13. The summed E-state index contributed by atoms with van der Waals surface area (Å²) in [4.78, 5) is 0. The van der Waals surface area contributed by atoms with Gasteiger partial charge in [-0.05, 0) is 48.9 Å². The van der Waals surface area contributed by atoms with Crippen LogP contribution in [-0.2, 0) is 6.54 Å². The number of aromatic amines is 1. The van der Waals surface area contributed by atoms with Crippen LogP contribution in [0.3, 0.4) is 0 Å². The van der Waals surface area contributed by atoms with Gasteiger partial charge in [-0.25, -0.2) is 0 Å². The Balaban J connectivity index is 1.82. The van der Waals surface area contributed by atoms with Crippen molar-refractivity contribution in [3.8, 4) is 0 Å². The maximum absolute atomic E-state index is 5.29. The van der Waals surface area contributed by atoms with Crippen LogP contribution in [0.4, 0.5) is 0 Å². The highest BCUT2D eigenvalue weighted by molar-refractivity contribution is 7.99. The van der Waals surface area contributed by atoms with Crippen molar-refractivity contribution in [3.05, 3.63) is 10.6 Å². The molecule has 0 radical (unpaired) electrons. The Kier molecular flexibility index (Phi) is 2.60. The second kappa shape index (κ2) is 3.94. The molecule has 2 heterocycles. The number of thioether (sulfide) groups is 1. The lowest BCUT2D eigenvalue weighted by molar-refractivity contribution is 0.476. The number of hydrogen-bond donors (Lipinski definition) is 1. The van der Waals surface area contributed by atoms with E-state index >= 15 is 0 Å². The van der Waals surface area contributed by atoms with Gasteiger partial charge in [-0.15, -0.1) is 0 Å². The van der Waals surface area contributed by atoms with E-state index in [9.17, 15) is 0 Å². The van der Waals surface area contributed by atoms with Crippen LogP contribution >= 0.6 is 24.0 Å². The molecule has 1 aromatic rings. The highest BCUT2D eigenvalue weighted by Gasteiger charge is 2.30. The van der Waals surface area contributed by atoms with E-state index < -0.39 is 0 Å². The number of rotatable bonds is 3. The molecule has 2 aliphatic rings.